The number of amides is 2. The van der Waals surface area contributed by atoms with E-state index in [-0.39, 0.29) is 41.4 Å². The number of nitrogens with one attached hydrogen (secondary N) is 2. The second-order valence-corrected chi connectivity index (χ2v) is 12.3. The van der Waals surface area contributed by atoms with E-state index in [0.717, 1.165) is 5.92 Å². The van der Waals surface area contributed by atoms with Crippen molar-refractivity contribution in [2.24, 2.45) is 23.7 Å². The smallest absolute Gasteiger partial charge is 0.251 e. The lowest BCUT2D eigenvalue weighted by Gasteiger charge is -2.31. The van der Waals surface area contributed by atoms with Gasteiger partial charge in [0.2, 0.25) is 15.9 Å². The van der Waals surface area contributed by atoms with Gasteiger partial charge < -0.3 is 15.4 Å². The molecule has 1 aliphatic heterocycles. The van der Waals surface area contributed by atoms with E-state index in [1.807, 2.05) is 13.8 Å². The monoisotopic (exact) mass is 491 g/mol. The van der Waals surface area contributed by atoms with Crippen LogP contribution in [0.5, 0.6) is 0 Å². The van der Waals surface area contributed by atoms with Crippen molar-refractivity contribution in [3.8, 4) is 0 Å². The Morgan fingerprint density at radius 1 is 1.06 bits per heavy atom. The van der Waals surface area contributed by atoms with Crippen LogP contribution >= 0.6 is 0 Å². The van der Waals surface area contributed by atoms with Crippen molar-refractivity contribution in [2.45, 2.75) is 63.4 Å². The molecule has 0 aromatic heterocycles. The van der Waals surface area contributed by atoms with E-state index in [9.17, 15) is 18.0 Å². The maximum Gasteiger partial charge on any atom is 0.251 e. The van der Waals surface area contributed by atoms with E-state index in [4.69, 9.17) is 4.74 Å². The minimum atomic E-state index is -3.71. The highest BCUT2D eigenvalue weighted by Gasteiger charge is 2.42. The van der Waals surface area contributed by atoms with Gasteiger partial charge >= 0.3 is 0 Å². The van der Waals surface area contributed by atoms with Gasteiger partial charge in [0.05, 0.1) is 18.1 Å². The highest BCUT2D eigenvalue weighted by Crippen LogP contribution is 2.49. The van der Waals surface area contributed by atoms with Crippen LogP contribution in [0.15, 0.2) is 29.2 Å². The van der Waals surface area contributed by atoms with Crippen LogP contribution in [0.4, 0.5) is 0 Å². The van der Waals surface area contributed by atoms with E-state index in [1.165, 1.54) is 42.1 Å². The first kappa shape index (κ1) is 25.1. The zero-order valence-corrected chi connectivity index (χ0v) is 21.1. The minimum absolute atomic E-state index is 0.0671. The number of hydrogen-bond donors (Lipinski definition) is 2. The lowest BCUT2D eigenvalue weighted by Crippen LogP contribution is -2.53. The zero-order chi connectivity index (χ0) is 24.5. The molecule has 1 saturated heterocycles. The Hall–Kier alpha value is -1.97. The normalized spacial score (nSPS) is 26.9. The third-order valence-electron chi connectivity index (χ3n) is 7.74. The molecule has 2 aliphatic carbocycles. The number of hydrogen-bond acceptors (Lipinski definition) is 5. The Morgan fingerprint density at radius 2 is 1.79 bits per heavy atom. The summed E-state index contributed by atoms with van der Waals surface area (Å²) in [5.74, 6) is 1.25. The number of nitrogens with zero attached hydrogens (tertiary/aromatic N) is 1. The summed E-state index contributed by atoms with van der Waals surface area (Å²) in [6.07, 6.45) is 5.02. The molecule has 2 saturated carbocycles. The van der Waals surface area contributed by atoms with Crippen LogP contribution in [0, 0.1) is 23.7 Å². The number of morpholine rings is 1. The standard InChI is InChI=1S/C25H37N3O5S/c1-16(2)23(25(30)26-17(3)22-14-18-7-8-19(22)13-18)27-24(29)20-5-4-6-21(15-20)34(31,32)28-9-11-33-12-10-28/h4-6,15-19,22-23H,7-14H2,1-3H3,(H,26,30)(H,27,29)/t17-,18+,19+,22+,23+/m1/s1. The number of carbonyl (C=O) groups is 2. The average Bonchev–Trinajstić information content (AvgIpc) is 3.46. The Labute approximate surface area is 202 Å². The number of rotatable bonds is 8. The lowest BCUT2D eigenvalue weighted by atomic mass is 9.84. The van der Waals surface area contributed by atoms with Crippen LogP contribution in [0.2, 0.25) is 0 Å². The SMILES string of the molecule is CC(C)[C@H](NC(=O)c1cccc(S(=O)(=O)N2CCOCC2)c1)C(=O)N[C@H](C)[C@@H]1C[C@H]2CC[C@H]1C2. The van der Waals surface area contributed by atoms with E-state index in [0.29, 0.717) is 25.0 Å². The molecule has 1 aromatic rings. The van der Waals surface area contributed by atoms with Gasteiger partial charge in [-0.05, 0) is 68.1 Å². The second-order valence-electron chi connectivity index (χ2n) is 10.4. The molecule has 0 spiro atoms. The van der Waals surface area contributed by atoms with E-state index in [1.54, 1.807) is 12.1 Å². The Kier molecular flexibility index (Phi) is 7.64. The van der Waals surface area contributed by atoms with Gasteiger partial charge in [0.15, 0.2) is 0 Å². The van der Waals surface area contributed by atoms with E-state index >= 15 is 0 Å². The van der Waals surface area contributed by atoms with E-state index in [2.05, 4.69) is 17.6 Å². The Bertz CT molecular complexity index is 1010. The molecular formula is C25H37N3O5S. The van der Waals surface area contributed by atoms with Gasteiger partial charge in [-0.1, -0.05) is 26.3 Å². The van der Waals surface area contributed by atoms with Crippen LogP contribution in [0.1, 0.15) is 56.8 Å². The second kappa shape index (κ2) is 10.3. The first-order chi connectivity index (χ1) is 16.2. The third kappa shape index (κ3) is 5.31. The largest absolute Gasteiger partial charge is 0.379 e. The van der Waals surface area contributed by atoms with Gasteiger partial charge in [0.1, 0.15) is 6.04 Å². The molecule has 9 heteroatoms. The van der Waals surface area contributed by atoms with Crippen LogP contribution in [0.3, 0.4) is 0 Å². The number of benzene rings is 1. The maximum absolute atomic E-state index is 13.1. The molecule has 34 heavy (non-hydrogen) atoms. The first-order valence-corrected chi connectivity index (χ1v) is 13.9. The Balaban J connectivity index is 1.42. The number of sulfonamides is 1. The molecule has 2 bridgehead atoms. The van der Waals surface area contributed by atoms with Crippen LogP contribution in [-0.2, 0) is 19.6 Å². The number of fused-ring (bicyclic) bond motifs is 2. The van der Waals surface area contributed by atoms with Gasteiger partial charge in [-0.15, -0.1) is 0 Å². The summed E-state index contributed by atoms with van der Waals surface area (Å²) in [7, 11) is -3.71. The summed E-state index contributed by atoms with van der Waals surface area (Å²) >= 11 is 0. The van der Waals surface area contributed by atoms with Crippen molar-refractivity contribution in [1.82, 2.24) is 14.9 Å². The molecule has 8 nitrogen and oxygen atoms in total. The van der Waals surface area contributed by atoms with Crippen LogP contribution in [-0.4, -0.2) is 62.9 Å². The van der Waals surface area contributed by atoms with Gasteiger partial charge in [-0.2, -0.15) is 4.31 Å². The van der Waals surface area contributed by atoms with Crippen LogP contribution < -0.4 is 10.6 Å². The topological polar surface area (TPSA) is 105 Å². The minimum Gasteiger partial charge on any atom is -0.379 e. The molecule has 5 atom stereocenters. The molecule has 0 radical (unpaired) electrons. The fraction of sp³-hybridized carbons (Fsp3) is 0.680. The molecule has 188 valence electrons. The summed E-state index contributed by atoms with van der Waals surface area (Å²) in [6, 6.07) is 5.37. The summed E-state index contributed by atoms with van der Waals surface area (Å²) in [5.41, 5.74) is 0.217. The van der Waals surface area contributed by atoms with Crippen molar-refractivity contribution >= 4 is 21.8 Å². The van der Waals surface area contributed by atoms with E-state index < -0.39 is 22.0 Å². The molecule has 3 fully saturated rings. The molecule has 1 heterocycles. The molecule has 2 amide bonds. The van der Waals surface area contributed by atoms with Gasteiger partial charge in [-0.3, -0.25) is 9.59 Å². The molecule has 1 aromatic carbocycles. The maximum atomic E-state index is 13.1. The van der Waals surface area contributed by atoms with Gasteiger partial charge in [0.25, 0.3) is 5.91 Å². The molecule has 0 unspecified atom stereocenters. The van der Waals surface area contributed by atoms with Crippen molar-refractivity contribution < 1.29 is 22.7 Å². The molecule has 2 N–H and O–H groups in total. The van der Waals surface area contributed by atoms with Crippen molar-refractivity contribution in [3.05, 3.63) is 29.8 Å². The fourth-order valence-electron chi connectivity index (χ4n) is 5.82. The van der Waals surface area contributed by atoms with Crippen molar-refractivity contribution in [2.75, 3.05) is 26.3 Å². The summed E-state index contributed by atoms with van der Waals surface area (Å²) < 4.78 is 32.6. The highest BCUT2D eigenvalue weighted by molar-refractivity contribution is 7.89. The van der Waals surface area contributed by atoms with Gasteiger partial charge in [-0.25, -0.2) is 8.42 Å². The third-order valence-corrected chi connectivity index (χ3v) is 9.64. The van der Waals surface area contributed by atoms with Gasteiger partial charge in [0, 0.05) is 24.7 Å². The Morgan fingerprint density at radius 3 is 2.41 bits per heavy atom. The predicted octanol–water partition coefficient (Wildman–Crippen LogP) is 2.40. The summed E-state index contributed by atoms with van der Waals surface area (Å²) in [6.45, 7) is 7.14. The molecular weight excluding hydrogens is 454 g/mol. The molecule has 4 rings (SSSR count). The zero-order valence-electron chi connectivity index (χ0n) is 20.3. The number of ether oxygens (including phenoxy) is 1. The average molecular weight is 492 g/mol. The number of carbonyl (C=O) groups excluding carboxylic acids is 2. The highest BCUT2D eigenvalue weighted by atomic mass is 32.2. The molecule has 3 aliphatic rings. The lowest BCUT2D eigenvalue weighted by molar-refractivity contribution is -0.125. The first-order valence-electron chi connectivity index (χ1n) is 12.5. The summed E-state index contributed by atoms with van der Waals surface area (Å²) in [5, 5.41) is 6.00. The van der Waals surface area contributed by atoms with Crippen molar-refractivity contribution in [3.63, 3.8) is 0 Å². The predicted molar refractivity (Wildman–Crippen MR) is 129 cm³/mol. The summed E-state index contributed by atoms with van der Waals surface area (Å²) in [4.78, 5) is 26.2. The van der Waals surface area contributed by atoms with Crippen LogP contribution in [0.25, 0.3) is 0 Å². The fourth-order valence-corrected chi connectivity index (χ4v) is 7.28. The van der Waals surface area contributed by atoms with Crippen molar-refractivity contribution in [1.29, 1.82) is 0 Å². The quantitative estimate of drug-likeness (QED) is 0.581.